The van der Waals surface area contributed by atoms with E-state index in [-0.39, 0.29) is 5.97 Å². The summed E-state index contributed by atoms with van der Waals surface area (Å²) in [6.07, 6.45) is 5.97. The number of carbonyl (C=O) groups is 1. The molecule has 106 valence electrons. The fourth-order valence-electron chi connectivity index (χ4n) is 1.96. The fraction of sp³-hybridized carbons (Fsp3) is 0.923. The number of esters is 1. The van der Waals surface area contributed by atoms with Crippen molar-refractivity contribution in [2.24, 2.45) is 5.73 Å². The third-order valence-electron chi connectivity index (χ3n) is 3.00. The SMILES string of the molecule is CCOC(=O)C(N)CCSCCCC1CCCO1. The molecule has 0 bridgehead atoms. The minimum Gasteiger partial charge on any atom is -0.465 e. The van der Waals surface area contributed by atoms with Gasteiger partial charge in [-0.1, -0.05) is 0 Å². The lowest BCUT2D eigenvalue weighted by Crippen LogP contribution is -2.32. The number of rotatable bonds is 9. The molecule has 0 amide bonds. The average molecular weight is 275 g/mol. The summed E-state index contributed by atoms with van der Waals surface area (Å²) in [7, 11) is 0. The van der Waals surface area contributed by atoms with Crippen molar-refractivity contribution in [3.05, 3.63) is 0 Å². The molecule has 5 heteroatoms. The molecule has 2 atom stereocenters. The molecule has 2 N–H and O–H groups in total. The number of hydrogen-bond donors (Lipinski definition) is 1. The van der Waals surface area contributed by atoms with E-state index in [9.17, 15) is 4.79 Å². The van der Waals surface area contributed by atoms with Crippen LogP contribution in [-0.4, -0.2) is 42.8 Å². The molecule has 18 heavy (non-hydrogen) atoms. The molecule has 1 rings (SSSR count). The Morgan fingerprint density at radius 2 is 2.39 bits per heavy atom. The van der Waals surface area contributed by atoms with Gasteiger partial charge in [-0.25, -0.2) is 0 Å². The summed E-state index contributed by atoms with van der Waals surface area (Å²) in [5.41, 5.74) is 5.71. The summed E-state index contributed by atoms with van der Waals surface area (Å²) in [5.74, 6) is 1.76. The number of hydrogen-bond acceptors (Lipinski definition) is 5. The van der Waals surface area contributed by atoms with Crippen LogP contribution in [0.1, 0.15) is 39.0 Å². The first kappa shape index (κ1) is 15.8. The van der Waals surface area contributed by atoms with Crippen molar-refractivity contribution >= 4 is 17.7 Å². The molecule has 0 aliphatic carbocycles. The smallest absolute Gasteiger partial charge is 0.322 e. The van der Waals surface area contributed by atoms with Gasteiger partial charge in [0.25, 0.3) is 0 Å². The van der Waals surface area contributed by atoms with E-state index in [1.54, 1.807) is 6.92 Å². The van der Waals surface area contributed by atoms with E-state index in [0.717, 1.165) is 24.5 Å². The Labute approximate surface area is 114 Å². The van der Waals surface area contributed by atoms with Crippen molar-refractivity contribution in [3.8, 4) is 0 Å². The molecule has 0 saturated carbocycles. The van der Waals surface area contributed by atoms with Gasteiger partial charge >= 0.3 is 5.97 Å². The predicted octanol–water partition coefficient (Wildman–Crippen LogP) is 1.96. The van der Waals surface area contributed by atoms with E-state index in [2.05, 4.69) is 0 Å². The standard InChI is InChI=1S/C13H25NO3S/c1-2-16-13(15)12(14)7-10-18-9-4-6-11-5-3-8-17-11/h11-12H,2-10,14H2,1H3. The van der Waals surface area contributed by atoms with Crippen LogP contribution in [0.5, 0.6) is 0 Å². The molecule has 0 spiro atoms. The quantitative estimate of drug-likeness (QED) is 0.515. The van der Waals surface area contributed by atoms with E-state index < -0.39 is 6.04 Å². The van der Waals surface area contributed by atoms with Gasteiger partial charge in [-0.15, -0.1) is 0 Å². The van der Waals surface area contributed by atoms with Gasteiger partial charge in [0.2, 0.25) is 0 Å². The second kappa shape index (κ2) is 9.64. The number of carbonyl (C=O) groups excluding carboxylic acids is 1. The maximum Gasteiger partial charge on any atom is 0.322 e. The Balaban J connectivity index is 1.89. The molecular formula is C13H25NO3S. The number of nitrogens with two attached hydrogens (primary N) is 1. The second-order valence-electron chi connectivity index (χ2n) is 4.54. The lowest BCUT2D eigenvalue weighted by Gasteiger charge is -2.11. The predicted molar refractivity (Wildman–Crippen MR) is 74.8 cm³/mol. The highest BCUT2D eigenvalue weighted by Crippen LogP contribution is 2.18. The van der Waals surface area contributed by atoms with Gasteiger partial charge in [0.1, 0.15) is 6.04 Å². The lowest BCUT2D eigenvalue weighted by molar-refractivity contribution is -0.144. The Hall–Kier alpha value is -0.260. The highest BCUT2D eigenvalue weighted by Gasteiger charge is 2.15. The van der Waals surface area contributed by atoms with Crippen LogP contribution >= 0.6 is 11.8 Å². The molecule has 1 saturated heterocycles. The normalized spacial score (nSPS) is 20.9. The van der Waals surface area contributed by atoms with Crippen LogP contribution in [0.25, 0.3) is 0 Å². The molecule has 0 radical (unpaired) electrons. The summed E-state index contributed by atoms with van der Waals surface area (Å²) >= 11 is 1.86. The minimum absolute atomic E-state index is 0.280. The van der Waals surface area contributed by atoms with Crippen molar-refractivity contribution < 1.29 is 14.3 Å². The number of thioether (sulfide) groups is 1. The van der Waals surface area contributed by atoms with Crippen molar-refractivity contribution in [2.45, 2.75) is 51.2 Å². The largest absolute Gasteiger partial charge is 0.465 e. The van der Waals surface area contributed by atoms with E-state index >= 15 is 0 Å². The first-order valence-electron chi connectivity index (χ1n) is 6.85. The van der Waals surface area contributed by atoms with E-state index in [1.165, 1.54) is 19.3 Å². The highest BCUT2D eigenvalue weighted by molar-refractivity contribution is 7.99. The van der Waals surface area contributed by atoms with Crippen molar-refractivity contribution in [2.75, 3.05) is 24.7 Å². The maximum atomic E-state index is 11.3. The highest BCUT2D eigenvalue weighted by atomic mass is 32.2. The van der Waals surface area contributed by atoms with E-state index in [1.807, 2.05) is 11.8 Å². The molecule has 1 aliphatic heterocycles. The van der Waals surface area contributed by atoms with Crippen molar-refractivity contribution in [1.82, 2.24) is 0 Å². The van der Waals surface area contributed by atoms with Gasteiger partial charge in [-0.3, -0.25) is 4.79 Å². The maximum absolute atomic E-state index is 11.3. The summed E-state index contributed by atoms with van der Waals surface area (Å²) in [6.45, 7) is 3.14. The molecule has 1 aliphatic rings. The van der Waals surface area contributed by atoms with Gasteiger partial charge in [0.05, 0.1) is 12.7 Å². The van der Waals surface area contributed by atoms with Gasteiger partial charge in [0, 0.05) is 6.61 Å². The van der Waals surface area contributed by atoms with Gasteiger partial charge < -0.3 is 15.2 Å². The molecule has 2 unspecified atom stereocenters. The van der Waals surface area contributed by atoms with Crippen LogP contribution in [0, 0.1) is 0 Å². The minimum atomic E-state index is -0.462. The Morgan fingerprint density at radius 3 is 3.06 bits per heavy atom. The molecule has 1 fully saturated rings. The topological polar surface area (TPSA) is 61.5 Å². The van der Waals surface area contributed by atoms with E-state index in [4.69, 9.17) is 15.2 Å². The Bertz CT molecular complexity index is 232. The monoisotopic (exact) mass is 275 g/mol. The Morgan fingerprint density at radius 1 is 1.56 bits per heavy atom. The van der Waals surface area contributed by atoms with E-state index in [0.29, 0.717) is 19.1 Å². The fourth-order valence-corrected chi connectivity index (χ4v) is 2.96. The van der Waals surface area contributed by atoms with Gasteiger partial charge in [0.15, 0.2) is 0 Å². The van der Waals surface area contributed by atoms with Crippen LogP contribution in [0.15, 0.2) is 0 Å². The van der Waals surface area contributed by atoms with Gasteiger partial charge in [-0.05, 0) is 50.5 Å². The Kier molecular flexibility index (Phi) is 8.46. The average Bonchev–Trinajstić information content (AvgIpc) is 2.86. The van der Waals surface area contributed by atoms with Crippen molar-refractivity contribution in [3.63, 3.8) is 0 Å². The lowest BCUT2D eigenvalue weighted by atomic mass is 10.1. The third-order valence-corrected chi connectivity index (χ3v) is 4.10. The van der Waals surface area contributed by atoms with Crippen molar-refractivity contribution in [1.29, 1.82) is 0 Å². The molecule has 0 aromatic heterocycles. The van der Waals surface area contributed by atoms with Crippen LogP contribution in [0.2, 0.25) is 0 Å². The molecule has 0 aromatic rings. The molecule has 1 heterocycles. The zero-order valence-electron chi connectivity index (χ0n) is 11.2. The summed E-state index contributed by atoms with van der Waals surface area (Å²) in [5, 5.41) is 0. The summed E-state index contributed by atoms with van der Waals surface area (Å²) < 4.78 is 10.4. The molecule has 4 nitrogen and oxygen atoms in total. The van der Waals surface area contributed by atoms with Crippen LogP contribution in [-0.2, 0) is 14.3 Å². The van der Waals surface area contributed by atoms with Crippen LogP contribution in [0.3, 0.4) is 0 Å². The zero-order valence-corrected chi connectivity index (χ0v) is 12.0. The summed E-state index contributed by atoms with van der Waals surface area (Å²) in [6, 6.07) is -0.462. The first-order valence-corrected chi connectivity index (χ1v) is 8.01. The third kappa shape index (κ3) is 6.61. The number of ether oxygens (including phenoxy) is 2. The first-order chi connectivity index (χ1) is 8.74. The summed E-state index contributed by atoms with van der Waals surface area (Å²) in [4.78, 5) is 11.3. The van der Waals surface area contributed by atoms with Crippen LogP contribution in [0.4, 0.5) is 0 Å². The molecule has 0 aromatic carbocycles. The molecular weight excluding hydrogens is 250 g/mol. The second-order valence-corrected chi connectivity index (χ2v) is 5.76. The van der Waals surface area contributed by atoms with Gasteiger partial charge in [-0.2, -0.15) is 11.8 Å². The van der Waals surface area contributed by atoms with Crippen LogP contribution < -0.4 is 5.73 Å². The zero-order chi connectivity index (χ0) is 13.2.